The Bertz CT molecular complexity index is 1370. The van der Waals surface area contributed by atoms with Gasteiger partial charge in [-0.25, -0.2) is 4.98 Å². The molecule has 178 valence electrons. The molecule has 4 aromatic rings. The van der Waals surface area contributed by atoms with Crippen LogP contribution in [0.4, 0.5) is 24.5 Å². The normalized spacial score (nSPS) is 11.1. The smallest absolute Gasteiger partial charge is 0.416 e. The lowest BCUT2D eigenvalue weighted by Crippen LogP contribution is -2.15. The van der Waals surface area contributed by atoms with Gasteiger partial charge in [-0.3, -0.25) is 14.6 Å². The van der Waals surface area contributed by atoms with Gasteiger partial charge in [-0.2, -0.15) is 13.2 Å². The van der Waals surface area contributed by atoms with E-state index in [2.05, 4.69) is 20.6 Å². The van der Waals surface area contributed by atoms with Crippen LogP contribution in [0.2, 0.25) is 0 Å². The van der Waals surface area contributed by atoms with Crippen molar-refractivity contribution < 1.29 is 27.5 Å². The predicted octanol–water partition coefficient (Wildman–Crippen LogP) is 5.74. The maximum atomic E-state index is 13.0. The summed E-state index contributed by atoms with van der Waals surface area (Å²) in [7, 11) is 1.39. The van der Waals surface area contributed by atoms with Crippen molar-refractivity contribution in [2.24, 2.45) is 0 Å². The Morgan fingerprint density at radius 2 is 1.69 bits per heavy atom. The van der Waals surface area contributed by atoms with E-state index in [1.54, 1.807) is 29.9 Å². The topological polar surface area (TPSA) is 93.2 Å². The van der Waals surface area contributed by atoms with Crippen LogP contribution in [-0.4, -0.2) is 28.9 Å². The van der Waals surface area contributed by atoms with Crippen molar-refractivity contribution >= 4 is 34.5 Å². The molecule has 0 saturated carbocycles. The summed E-state index contributed by atoms with van der Waals surface area (Å²) >= 11 is 1.29. The molecular weight excluding hydrogens is 481 g/mol. The third-order valence-electron chi connectivity index (χ3n) is 4.77. The summed E-state index contributed by atoms with van der Waals surface area (Å²) in [5.74, 6) is -0.904. The summed E-state index contributed by atoms with van der Waals surface area (Å²) in [6, 6.07) is 12.1. The number of aromatic nitrogens is 2. The highest BCUT2D eigenvalue weighted by Gasteiger charge is 2.30. The van der Waals surface area contributed by atoms with Crippen LogP contribution in [0, 0.1) is 0 Å². The van der Waals surface area contributed by atoms with Crippen LogP contribution >= 0.6 is 11.3 Å². The average molecular weight is 498 g/mol. The van der Waals surface area contributed by atoms with Gasteiger partial charge in [0.1, 0.15) is 16.5 Å². The quantitative estimate of drug-likeness (QED) is 0.354. The SMILES string of the molecule is COc1cc(NC(=O)c2csc(-c3ccncc3)n2)cc(C(=O)Nc2cccc(C(F)(F)F)c2)c1. The molecule has 0 aliphatic heterocycles. The van der Waals surface area contributed by atoms with Gasteiger partial charge < -0.3 is 15.4 Å². The molecule has 0 atom stereocenters. The van der Waals surface area contributed by atoms with Crippen LogP contribution < -0.4 is 15.4 Å². The number of hydrogen-bond donors (Lipinski definition) is 2. The third-order valence-corrected chi connectivity index (χ3v) is 5.67. The molecule has 2 N–H and O–H groups in total. The molecule has 2 heterocycles. The second-order valence-corrected chi connectivity index (χ2v) is 8.07. The van der Waals surface area contributed by atoms with Crippen LogP contribution in [-0.2, 0) is 6.18 Å². The van der Waals surface area contributed by atoms with E-state index in [4.69, 9.17) is 4.74 Å². The Hall–Kier alpha value is -4.25. The number of benzene rings is 2. The number of methoxy groups -OCH3 is 1. The minimum absolute atomic E-state index is 0.0238. The van der Waals surface area contributed by atoms with E-state index in [0.717, 1.165) is 17.7 Å². The van der Waals surface area contributed by atoms with Crippen LogP contribution in [0.5, 0.6) is 5.75 Å². The molecule has 0 saturated heterocycles. The Kier molecular flexibility index (Phi) is 6.78. The largest absolute Gasteiger partial charge is 0.497 e. The lowest BCUT2D eigenvalue weighted by molar-refractivity contribution is -0.137. The fraction of sp³-hybridized carbons (Fsp3) is 0.0833. The van der Waals surface area contributed by atoms with E-state index in [0.29, 0.717) is 5.01 Å². The monoisotopic (exact) mass is 498 g/mol. The zero-order valence-electron chi connectivity index (χ0n) is 18.1. The van der Waals surface area contributed by atoms with E-state index < -0.39 is 23.6 Å². The number of halogens is 3. The first-order valence-electron chi connectivity index (χ1n) is 10.1. The van der Waals surface area contributed by atoms with E-state index >= 15 is 0 Å². The van der Waals surface area contributed by atoms with Crippen LogP contribution in [0.1, 0.15) is 26.4 Å². The van der Waals surface area contributed by atoms with Gasteiger partial charge in [0.25, 0.3) is 11.8 Å². The van der Waals surface area contributed by atoms with E-state index in [9.17, 15) is 22.8 Å². The van der Waals surface area contributed by atoms with Gasteiger partial charge >= 0.3 is 6.18 Å². The second kappa shape index (κ2) is 9.94. The highest BCUT2D eigenvalue weighted by Crippen LogP contribution is 2.31. The molecule has 0 spiro atoms. The number of thiazole rings is 1. The summed E-state index contributed by atoms with van der Waals surface area (Å²) in [6.07, 6.45) is -1.29. The molecule has 4 rings (SSSR count). The second-order valence-electron chi connectivity index (χ2n) is 7.21. The van der Waals surface area contributed by atoms with Crippen molar-refractivity contribution in [3.05, 3.63) is 89.2 Å². The van der Waals surface area contributed by atoms with E-state index in [-0.39, 0.29) is 28.4 Å². The molecule has 11 heteroatoms. The molecule has 2 amide bonds. The molecule has 2 aromatic heterocycles. The summed E-state index contributed by atoms with van der Waals surface area (Å²) < 4.78 is 44.1. The van der Waals surface area contributed by atoms with Crippen molar-refractivity contribution in [3.8, 4) is 16.3 Å². The molecule has 0 fully saturated rings. The summed E-state index contributed by atoms with van der Waals surface area (Å²) in [5, 5.41) is 7.35. The lowest BCUT2D eigenvalue weighted by Gasteiger charge is -2.12. The fourth-order valence-corrected chi connectivity index (χ4v) is 3.90. The molecule has 7 nitrogen and oxygen atoms in total. The van der Waals surface area contributed by atoms with Gasteiger partial charge in [-0.1, -0.05) is 6.07 Å². The first-order valence-corrected chi connectivity index (χ1v) is 11.0. The highest BCUT2D eigenvalue weighted by molar-refractivity contribution is 7.13. The number of hydrogen-bond acceptors (Lipinski definition) is 6. The maximum Gasteiger partial charge on any atom is 0.416 e. The number of ether oxygens (including phenoxy) is 1. The van der Waals surface area contributed by atoms with Crippen molar-refractivity contribution in [2.75, 3.05) is 17.7 Å². The minimum atomic E-state index is -4.54. The molecule has 0 aliphatic carbocycles. The van der Waals surface area contributed by atoms with E-state index in [1.165, 1.54) is 48.8 Å². The number of carbonyl (C=O) groups is 2. The van der Waals surface area contributed by atoms with Crippen molar-refractivity contribution in [1.29, 1.82) is 0 Å². The summed E-state index contributed by atoms with van der Waals surface area (Å²) in [6.45, 7) is 0. The molecule has 0 radical (unpaired) electrons. The number of rotatable bonds is 6. The fourth-order valence-electron chi connectivity index (χ4n) is 3.10. The van der Waals surface area contributed by atoms with Gasteiger partial charge in [-0.05, 0) is 42.5 Å². The number of nitrogens with zero attached hydrogens (tertiary/aromatic N) is 2. The minimum Gasteiger partial charge on any atom is -0.497 e. The number of anilines is 2. The third kappa shape index (κ3) is 5.82. The van der Waals surface area contributed by atoms with E-state index in [1.807, 2.05) is 0 Å². The Morgan fingerprint density at radius 3 is 2.40 bits per heavy atom. The molecule has 0 aliphatic rings. The van der Waals surface area contributed by atoms with Gasteiger partial charge in [0.15, 0.2) is 0 Å². The number of carbonyl (C=O) groups excluding carboxylic acids is 2. The first-order chi connectivity index (χ1) is 16.7. The molecule has 2 aromatic carbocycles. The van der Waals surface area contributed by atoms with Crippen LogP contribution in [0.15, 0.2) is 72.4 Å². The number of pyridine rings is 1. The van der Waals surface area contributed by atoms with Crippen LogP contribution in [0.3, 0.4) is 0 Å². The Morgan fingerprint density at radius 1 is 0.943 bits per heavy atom. The molecular formula is C24H17F3N4O3S. The maximum absolute atomic E-state index is 13.0. The molecule has 35 heavy (non-hydrogen) atoms. The molecule has 0 bridgehead atoms. The van der Waals surface area contributed by atoms with Gasteiger partial charge in [0.05, 0.1) is 12.7 Å². The predicted molar refractivity (Wildman–Crippen MR) is 126 cm³/mol. The van der Waals surface area contributed by atoms with Gasteiger partial charge in [-0.15, -0.1) is 11.3 Å². The number of alkyl halides is 3. The first kappa shape index (κ1) is 23.9. The Balaban J connectivity index is 1.52. The lowest BCUT2D eigenvalue weighted by atomic mass is 10.1. The number of nitrogens with one attached hydrogen (secondary N) is 2. The number of amides is 2. The summed E-state index contributed by atoms with van der Waals surface area (Å²) in [4.78, 5) is 33.8. The Labute approximate surface area is 201 Å². The average Bonchev–Trinajstić information content (AvgIpc) is 3.35. The standard InChI is InChI=1S/C24H17F3N4O3S/c1-34-19-10-15(21(32)29-17-4-2-3-16(11-17)24(25,26)27)9-18(12-19)30-22(33)20-13-35-23(31-20)14-5-7-28-8-6-14/h2-13H,1H3,(H,29,32)(H,30,33). The zero-order chi connectivity index (χ0) is 25.0. The highest BCUT2D eigenvalue weighted by atomic mass is 32.1. The van der Waals surface area contributed by atoms with Crippen molar-refractivity contribution in [3.63, 3.8) is 0 Å². The zero-order valence-corrected chi connectivity index (χ0v) is 18.9. The van der Waals surface area contributed by atoms with Crippen molar-refractivity contribution in [1.82, 2.24) is 9.97 Å². The summed E-state index contributed by atoms with van der Waals surface area (Å²) in [5.41, 5.74) is 0.418. The van der Waals surface area contributed by atoms with Gasteiger partial charge in [0, 0.05) is 46.3 Å². The van der Waals surface area contributed by atoms with Gasteiger partial charge in [0.2, 0.25) is 0 Å². The van der Waals surface area contributed by atoms with Crippen molar-refractivity contribution in [2.45, 2.75) is 6.18 Å². The van der Waals surface area contributed by atoms with Crippen LogP contribution in [0.25, 0.3) is 10.6 Å². The molecule has 0 unspecified atom stereocenters.